The maximum absolute atomic E-state index is 13.2. The van der Waals surface area contributed by atoms with Crippen molar-refractivity contribution in [3.05, 3.63) is 70.7 Å². The maximum atomic E-state index is 13.2. The van der Waals surface area contributed by atoms with E-state index in [2.05, 4.69) is 44.2 Å². The van der Waals surface area contributed by atoms with E-state index in [4.69, 9.17) is 0 Å². The molecule has 4 aromatic rings. The number of anilines is 1. The van der Waals surface area contributed by atoms with Gasteiger partial charge in [0.15, 0.2) is 0 Å². The first-order chi connectivity index (χ1) is 13.6. The van der Waals surface area contributed by atoms with Gasteiger partial charge in [-0.25, -0.2) is 9.97 Å². The Labute approximate surface area is 161 Å². The lowest BCUT2D eigenvalue weighted by Gasteiger charge is -2.33. The van der Waals surface area contributed by atoms with E-state index in [9.17, 15) is 4.79 Å². The minimum Gasteiger partial charge on any atom is -0.371 e. The minimum absolute atomic E-state index is 0.223. The summed E-state index contributed by atoms with van der Waals surface area (Å²) in [6.07, 6.45) is 6.11. The monoisotopic (exact) mass is 372 g/mol. The van der Waals surface area contributed by atoms with Crippen LogP contribution in [0, 0.1) is 13.8 Å². The summed E-state index contributed by atoms with van der Waals surface area (Å²) in [6.45, 7) is 6.22. The third kappa shape index (κ3) is 2.43. The molecule has 7 heteroatoms. The SMILES string of the molecule is Cc1c(-c2cccc(N3CCC3)c2)c(C)n2cnn(-c3ncccn3)c(=O)c12. The largest absolute Gasteiger partial charge is 0.371 e. The zero-order valence-corrected chi connectivity index (χ0v) is 15.8. The van der Waals surface area contributed by atoms with E-state index in [-0.39, 0.29) is 11.5 Å². The van der Waals surface area contributed by atoms with Crippen LogP contribution in [0.15, 0.2) is 53.8 Å². The Balaban J connectivity index is 1.71. The molecule has 1 aliphatic rings. The molecular formula is C21H20N6O. The minimum atomic E-state index is -0.223. The van der Waals surface area contributed by atoms with Gasteiger partial charge in [0.2, 0.25) is 0 Å². The highest BCUT2D eigenvalue weighted by molar-refractivity contribution is 5.80. The Morgan fingerprint density at radius 2 is 1.82 bits per heavy atom. The van der Waals surface area contributed by atoms with Crippen LogP contribution in [0.4, 0.5) is 5.69 Å². The van der Waals surface area contributed by atoms with E-state index in [1.165, 1.54) is 16.8 Å². The zero-order chi connectivity index (χ0) is 19.3. The first-order valence-electron chi connectivity index (χ1n) is 9.37. The highest BCUT2D eigenvalue weighted by Crippen LogP contribution is 2.33. The summed E-state index contributed by atoms with van der Waals surface area (Å²) in [5.74, 6) is 0.273. The van der Waals surface area contributed by atoms with Crippen LogP contribution in [0.2, 0.25) is 0 Å². The van der Waals surface area contributed by atoms with Crippen molar-refractivity contribution in [2.24, 2.45) is 0 Å². The summed E-state index contributed by atoms with van der Waals surface area (Å²) in [7, 11) is 0. The van der Waals surface area contributed by atoms with Crippen LogP contribution < -0.4 is 10.5 Å². The van der Waals surface area contributed by atoms with Gasteiger partial charge >= 0.3 is 0 Å². The van der Waals surface area contributed by atoms with E-state index in [0.717, 1.165) is 35.5 Å². The van der Waals surface area contributed by atoms with Crippen molar-refractivity contribution >= 4 is 11.2 Å². The summed E-state index contributed by atoms with van der Waals surface area (Å²) in [6, 6.07) is 10.2. The second-order valence-electron chi connectivity index (χ2n) is 7.09. The Hall–Kier alpha value is -3.48. The number of fused-ring (bicyclic) bond motifs is 1. The average molecular weight is 372 g/mol. The van der Waals surface area contributed by atoms with Gasteiger partial charge < -0.3 is 4.90 Å². The molecular weight excluding hydrogens is 352 g/mol. The van der Waals surface area contributed by atoms with Crippen molar-refractivity contribution in [3.8, 4) is 17.1 Å². The molecule has 140 valence electrons. The Bertz CT molecular complexity index is 1240. The van der Waals surface area contributed by atoms with Crippen molar-refractivity contribution in [3.63, 3.8) is 0 Å². The van der Waals surface area contributed by atoms with Crippen molar-refractivity contribution in [2.45, 2.75) is 20.3 Å². The van der Waals surface area contributed by atoms with Crippen LogP contribution in [0.1, 0.15) is 17.7 Å². The summed E-state index contributed by atoms with van der Waals surface area (Å²) in [5, 5.41) is 4.29. The van der Waals surface area contributed by atoms with Crippen molar-refractivity contribution in [2.75, 3.05) is 18.0 Å². The fourth-order valence-corrected chi connectivity index (χ4v) is 3.92. The van der Waals surface area contributed by atoms with E-state index in [0.29, 0.717) is 5.52 Å². The molecule has 0 saturated carbocycles. The molecule has 0 bridgehead atoms. The Morgan fingerprint density at radius 1 is 1.04 bits per heavy atom. The van der Waals surface area contributed by atoms with Gasteiger partial charge in [-0.15, -0.1) is 0 Å². The number of hydrogen-bond donors (Lipinski definition) is 0. The van der Waals surface area contributed by atoms with E-state index in [1.54, 1.807) is 24.8 Å². The molecule has 0 N–H and O–H groups in total. The normalized spacial score (nSPS) is 13.7. The quantitative estimate of drug-likeness (QED) is 0.553. The first kappa shape index (κ1) is 16.7. The van der Waals surface area contributed by atoms with E-state index in [1.807, 2.05) is 18.2 Å². The third-order valence-corrected chi connectivity index (χ3v) is 5.47. The summed E-state index contributed by atoms with van der Waals surface area (Å²) >= 11 is 0. The molecule has 0 atom stereocenters. The first-order valence-corrected chi connectivity index (χ1v) is 9.37. The number of rotatable bonds is 3. The van der Waals surface area contributed by atoms with Crippen LogP contribution in [0.3, 0.4) is 0 Å². The molecule has 1 aromatic carbocycles. The predicted octanol–water partition coefficient (Wildman–Crippen LogP) is 2.77. The van der Waals surface area contributed by atoms with Gasteiger partial charge in [-0.2, -0.15) is 9.78 Å². The lowest BCUT2D eigenvalue weighted by molar-refractivity contribution is 0.618. The molecule has 1 fully saturated rings. The fourth-order valence-electron chi connectivity index (χ4n) is 3.92. The van der Waals surface area contributed by atoms with Crippen LogP contribution in [0.5, 0.6) is 0 Å². The highest BCUT2D eigenvalue weighted by Gasteiger charge is 2.20. The third-order valence-electron chi connectivity index (χ3n) is 5.47. The molecule has 0 radical (unpaired) electrons. The van der Waals surface area contributed by atoms with Gasteiger partial charge in [0.1, 0.15) is 11.8 Å². The van der Waals surface area contributed by atoms with Crippen LogP contribution in [0.25, 0.3) is 22.6 Å². The molecule has 3 aromatic heterocycles. The van der Waals surface area contributed by atoms with Crippen LogP contribution in [-0.2, 0) is 0 Å². The number of benzene rings is 1. The fraction of sp³-hybridized carbons (Fsp3) is 0.238. The molecule has 0 spiro atoms. The van der Waals surface area contributed by atoms with Crippen LogP contribution in [-0.4, -0.2) is 37.2 Å². The average Bonchev–Trinajstić information content (AvgIpc) is 2.93. The molecule has 0 aliphatic carbocycles. The summed E-state index contributed by atoms with van der Waals surface area (Å²) in [4.78, 5) is 23.8. The lowest BCUT2D eigenvalue weighted by atomic mass is 10.0. The molecule has 28 heavy (non-hydrogen) atoms. The zero-order valence-electron chi connectivity index (χ0n) is 15.8. The molecule has 4 heterocycles. The van der Waals surface area contributed by atoms with Crippen molar-refractivity contribution in [1.29, 1.82) is 0 Å². The number of nitrogens with zero attached hydrogens (tertiary/aromatic N) is 6. The van der Waals surface area contributed by atoms with Gasteiger partial charge in [-0.1, -0.05) is 12.1 Å². The van der Waals surface area contributed by atoms with E-state index < -0.39 is 0 Å². The molecule has 1 aliphatic heterocycles. The van der Waals surface area contributed by atoms with Crippen molar-refractivity contribution < 1.29 is 0 Å². The topological polar surface area (TPSA) is 68.3 Å². The molecule has 7 nitrogen and oxygen atoms in total. The molecule has 0 unspecified atom stereocenters. The number of hydrogen-bond acceptors (Lipinski definition) is 5. The molecule has 1 saturated heterocycles. The second-order valence-corrected chi connectivity index (χ2v) is 7.09. The molecule has 0 amide bonds. The summed E-state index contributed by atoms with van der Waals surface area (Å²) in [5.41, 5.74) is 5.74. The van der Waals surface area contributed by atoms with Gasteiger partial charge in [-0.05, 0) is 49.6 Å². The van der Waals surface area contributed by atoms with E-state index >= 15 is 0 Å². The van der Waals surface area contributed by atoms with Crippen LogP contribution >= 0.6 is 0 Å². The molecule has 5 rings (SSSR count). The smallest absolute Gasteiger partial charge is 0.298 e. The highest BCUT2D eigenvalue weighted by atomic mass is 16.1. The summed E-state index contributed by atoms with van der Waals surface area (Å²) < 4.78 is 3.12. The van der Waals surface area contributed by atoms with Gasteiger partial charge in [0.05, 0.1) is 0 Å². The van der Waals surface area contributed by atoms with Gasteiger partial charge in [-0.3, -0.25) is 9.20 Å². The Kier molecular flexibility index (Phi) is 3.75. The van der Waals surface area contributed by atoms with Crippen molar-refractivity contribution in [1.82, 2.24) is 24.1 Å². The van der Waals surface area contributed by atoms with Gasteiger partial charge in [0, 0.05) is 42.4 Å². The number of aryl methyl sites for hydroxylation is 2. The maximum Gasteiger partial charge on any atom is 0.298 e. The standard InChI is InChI=1S/C21H20N6O/c1-14-18(16-6-3-7-17(12-16)25-10-5-11-25)15(2)26-13-24-27(20(28)19(14)26)21-22-8-4-9-23-21/h3-4,6-9,12-13H,5,10-11H2,1-2H3. The second kappa shape index (κ2) is 6.30. The lowest BCUT2D eigenvalue weighted by Crippen LogP contribution is -2.36. The predicted molar refractivity (Wildman–Crippen MR) is 108 cm³/mol. The Morgan fingerprint density at radius 3 is 2.54 bits per heavy atom. The number of aromatic nitrogens is 5. The van der Waals surface area contributed by atoms with Gasteiger partial charge in [0.25, 0.3) is 11.5 Å².